The van der Waals surface area contributed by atoms with E-state index in [4.69, 9.17) is 4.74 Å². The van der Waals surface area contributed by atoms with Crippen LogP contribution in [0, 0.1) is 5.41 Å². The van der Waals surface area contributed by atoms with Crippen LogP contribution in [0.2, 0.25) is 0 Å². The molecule has 1 saturated heterocycles. The van der Waals surface area contributed by atoms with Gasteiger partial charge in [0.05, 0.1) is 5.76 Å². The van der Waals surface area contributed by atoms with Crippen molar-refractivity contribution < 1.29 is 4.74 Å². The molecule has 1 aromatic carbocycles. The van der Waals surface area contributed by atoms with Crippen molar-refractivity contribution in [1.29, 1.82) is 0 Å². The van der Waals surface area contributed by atoms with Crippen molar-refractivity contribution in [3.8, 4) is 0 Å². The topological polar surface area (TPSA) is 15.7 Å². The molecule has 26 heavy (non-hydrogen) atoms. The van der Waals surface area contributed by atoms with Gasteiger partial charge in [-0.15, -0.1) is 0 Å². The van der Waals surface area contributed by atoms with Crippen LogP contribution in [0.15, 0.2) is 47.2 Å². The Hall–Kier alpha value is -1.58. The van der Waals surface area contributed by atoms with Crippen molar-refractivity contribution in [2.45, 2.75) is 33.1 Å². The van der Waals surface area contributed by atoms with Crippen LogP contribution in [0.25, 0.3) is 0 Å². The molecule has 1 aromatic rings. The Morgan fingerprint density at radius 3 is 2.38 bits per heavy atom. The first kappa shape index (κ1) is 17.8. The molecule has 0 unspecified atom stereocenters. The van der Waals surface area contributed by atoms with Gasteiger partial charge in [0, 0.05) is 44.6 Å². The average molecular weight is 353 g/mol. The van der Waals surface area contributed by atoms with Gasteiger partial charge < -0.3 is 9.64 Å². The number of hydrogen-bond donors (Lipinski definition) is 0. The van der Waals surface area contributed by atoms with Gasteiger partial charge in [-0.3, -0.25) is 4.90 Å². The van der Waals surface area contributed by atoms with Crippen LogP contribution in [-0.4, -0.2) is 56.2 Å². The second-order valence-electron chi connectivity index (χ2n) is 8.71. The van der Waals surface area contributed by atoms with Crippen molar-refractivity contribution in [2.75, 3.05) is 46.4 Å². The Kier molecular flexibility index (Phi) is 4.94. The van der Waals surface area contributed by atoms with Crippen LogP contribution in [0.1, 0.15) is 31.4 Å². The number of nitrogens with zero attached hydrogens (tertiary/aromatic N) is 2. The summed E-state index contributed by atoms with van der Waals surface area (Å²) in [6.45, 7) is 11.2. The number of piperazine rings is 1. The molecule has 0 atom stereocenters. The summed E-state index contributed by atoms with van der Waals surface area (Å²) in [6.07, 6.45) is 5.57. The van der Waals surface area contributed by atoms with Gasteiger partial charge in [-0.2, -0.15) is 0 Å². The second kappa shape index (κ2) is 7.21. The third-order valence-electron chi connectivity index (χ3n) is 6.29. The van der Waals surface area contributed by atoms with E-state index in [1.807, 2.05) is 0 Å². The largest absolute Gasteiger partial charge is 0.497 e. The summed E-state index contributed by atoms with van der Waals surface area (Å²) in [5.74, 6) is 1.18. The first-order valence-electron chi connectivity index (χ1n) is 10.0. The van der Waals surface area contributed by atoms with Gasteiger partial charge in [-0.1, -0.05) is 49.3 Å². The van der Waals surface area contributed by atoms with E-state index in [9.17, 15) is 0 Å². The molecule has 1 heterocycles. The lowest BCUT2D eigenvalue weighted by atomic mass is 9.69. The summed E-state index contributed by atoms with van der Waals surface area (Å²) in [5, 5.41) is 0. The predicted molar refractivity (Wildman–Crippen MR) is 107 cm³/mol. The molecule has 0 spiro atoms. The van der Waals surface area contributed by atoms with E-state index >= 15 is 0 Å². The molecule has 3 heteroatoms. The van der Waals surface area contributed by atoms with Gasteiger partial charge in [0.1, 0.15) is 6.61 Å². The van der Waals surface area contributed by atoms with Crippen LogP contribution in [-0.2, 0) is 17.6 Å². The molecule has 0 aromatic heterocycles. The van der Waals surface area contributed by atoms with Crippen LogP contribution in [0.3, 0.4) is 0 Å². The molecule has 0 saturated carbocycles. The van der Waals surface area contributed by atoms with E-state index in [-0.39, 0.29) is 5.41 Å². The summed E-state index contributed by atoms with van der Waals surface area (Å²) < 4.78 is 6.26. The van der Waals surface area contributed by atoms with Crippen molar-refractivity contribution in [2.24, 2.45) is 5.41 Å². The van der Waals surface area contributed by atoms with Crippen molar-refractivity contribution in [3.63, 3.8) is 0 Å². The maximum absolute atomic E-state index is 6.26. The fourth-order valence-corrected chi connectivity index (χ4v) is 4.63. The summed E-state index contributed by atoms with van der Waals surface area (Å²) >= 11 is 0. The molecule has 0 N–H and O–H groups in total. The molecule has 3 nitrogen and oxygen atoms in total. The molecule has 0 radical (unpaired) electrons. The molecular weight excluding hydrogens is 320 g/mol. The highest BCUT2D eigenvalue weighted by molar-refractivity contribution is 5.46. The number of hydrogen-bond acceptors (Lipinski definition) is 3. The van der Waals surface area contributed by atoms with Crippen LogP contribution in [0.5, 0.6) is 0 Å². The fraction of sp³-hybridized carbons (Fsp3) is 0.565. The molecule has 0 bridgehead atoms. The summed E-state index contributed by atoms with van der Waals surface area (Å²) in [5.41, 5.74) is 6.31. The van der Waals surface area contributed by atoms with Crippen molar-refractivity contribution in [3.05, 3.63) is 58.4 Å². The molecule has 3 aliphatic rings. The molecule has 1 aliphatic heterocycles. The van der Waals surface area contributed by atoms with Gasteiger partial charge in [-0.05, 0) is 37.1 Å². The number of fused-ring (bicyclic) bond motifs is 1. The average Bonchev–Trinajstić information content (AvgIpc) is 2.62. The third kappa shape index (κ3) is 3.74. The van der Waals surface area contributed by atoms with Gasteiger partial charge in [0.15, 0.2) is 0 Å². The van der Waals surface area contributed by atoms with Gasteiger partial charge in [0.2, 0.25) is 0 Å². The monoisotopic (exact) mass is 352 g/mol. The number of rotatable bonds is 4. The standard InChI is InChI=1S/C23H32N2O/c1-23(2)17-21(26-13-12-25-10-8-24(3)9-11-25)15-20-14-18-6-4-5-7-19(18)16-22(20)23/h4-7,17H,8-16H2,1-3H3. The van der Waals surface area contributed by atoms with E-state index in [0.717, 1.165) is 45.5 Å². The molecule has 1 fully saturated rings. The molecule has 140 valence electrons. The first-order chi connectivity index (χ1) is 12.5. The summed E-state index contributed by atoms with van der Waals surface area (Å²) in [7, 11) is 2.20. The van der Waals surface area contributed by atoms with Crippen molar-refractivity contribution >= 4 is 0 Å². The Morgan fingerprint density at radius 1 is 0.962 bits per heavy atom. The van der Waals surface area contributed by atoms with E-state index in [2.05, 4.69) is 61.0 Å². The lowest BCUT2D eigenvalue weighted by Crippen LogP contribution is -2.45. The molecule has 4 rings (SSSR count). The molecular formula is C23H32N2O. The maximum atomic E-state index is 6.26. The van der Waals surface area contributed by atoms with Crippen LogP contribution in [0.4, 0.5) is 0 Å². The fourth-order valence-electron chi connectivity index (χ4n) is 4.63. The van der Waals surface area contributed by atoms with Gasteiger partial charge in [-0.25, -0.2) is 0 Å². The second-order valence-corrected chi connectivity index (χ2v) is 8.71. The lowest BCUT2D eigenvalue weighted by molar-refractivity contribution is 0.109. The zero-order valence-corrected chi connectivity index (χ0v) is 16.6. The number of allylic oxidation sites excluding steroid dienone is 3. The highest BCUT2D eigenvalue weighted by Gasteiger charge is 2.33. The Morgan fingerprint density at radius 2 is 1.65 bits per heavy atom. The van der Waals surface area contributed by atoms with Crippen LogP contribution >= 0.6 is 0 Å². The smallest absolute Gasteiger partial charge is 0.100 e. The van der Waals surface area contributed by atoms with Crippen molar-refractivity contribution in [1.82, 2.24) is 9.80 Å². The summed E-state index contributed by atoms with van der Waals surface area (Å²) in [4.78, 5) is 4.93. The minimum Gasteiger partial charge on any atom is -0.497 e. The number of benzene rings is 1. The van der Waals surface area contributed by atoms with E-state index in [0.29, 0.717) is 0 Å². The third-order valence-corrected chi connectivity index (χ3v) is 6.29. The Balaban J connectivity index is 1.37. The zero-order chi connectivity index (χ0) is 18.1. The number of ether oxygens (including phenoxy) is 1. The van der Waals surface area contributed by atoms with E-state index in [1.54, 1.807) is 11.1 Å². The van der Waals surface area contributed by atoms with Gasteiger partial charge >= 0.3 is 0 Å². The maximum Gasteiger partial charge on any atom is 0.100 e. The molecule has 2 aliphatic carbocycles. The predicted octanol–water partition coefficient (Wildman–Crippen LogP) is 3.66. The Bertz CT molecular complexity index is 723. The highest BCUT2D eigenvalue weighted by Crippen LogP contribution is 2.44. The lowest BCUT2D eigenvalue weighted by Gasteiger charge is -2.37. The van der Waals surface area contributed by atoms with E-state index in [1.165, 1.54) is 30.0 Å². The quantitative estimate of drug-likeness (QED) is 0.769. The minimum atomic E-state index is 0.101. The SMILES string of the molecule is CN1CCN(CCOC2=CC(C)(C)C3=C(C2)Cc2ccccc2C3)CC1. The first-order valence-corrected chi connectivity index (χ1v) is 10.0. The van der Waals surface area contributed by atoms with Gasteiger partial charge in [0.25, 0.3) is 0 Å². The van der Waals surface area contributed by atoms with Crippen LogP contribution < -0.4 is 0 Å². The normalized spacial score (nSPS) is 23.3. The Labute approximate surface area is 158 Å². The van der Waals surface area contributed by atoms with E-state index < -0.39 is 0 Å². The number of likely N-dealkylation sites (N-methyl/N-ethyl adjacent to an activating group) is 1. The molecule has 0 amide bonds. The minimum absolute atomic E-state index is 0.101. The summed E-state index contributed by atoms with van der Waals surface area (Å²) in [6, 6.07) is 8.92. The highest BCUT2D eigenvalue weighted by atomic mass is 16.5. The zero-order valence-electron chi connectivity index (χ0n) is 16.6.